The summed E-state index contributed by atoms with van der Waals surface area (Å²) in [4.78, 5) is 0. The van der Waals surface area contributed by atoms with Crippen molar-refractivity contribution < 1.29 is 12.8 Å². The Balaban J connectivity index is 2.69. The second kappa shape index (κ2) is 5.26. The van der Waals surface area contributed by atoms with E-state index in [0.717, 1.165) is 5.56 Å². The summed E-state index contributed by atoms with van der Waals surface area (Å²) in [5, 5.41) is 2.86. The molecule has 3 nitrogen and oxygen atoms in total. The van der Waals surface area contributed by atoms with Crippen molar-refractivity contribution in [3.8, 4) is 0 Å². The Hall–Kier alpha value is -1.10. The Morgan fingerprint density at radius 3 is 2.39 bits per heavy atom. The molecule has 18 heavy (non-hydrogen) atoms. The number of nitrogens with one attached hydrogen (secondary N) is 1. The number of anilines is 1. The van der Waals surface area contributed by atoms with Crippen molar-refractivity contribution in [3.63, 3.8) is 0 Å². The molecule has 5 heteroatoms. The van der Waals surface area contributed by atoms with Gasteiger partial charge in [0.15, 0.2) is 9.84 Å². The van der Waals surface area contributed by atoms with Gasteiger partial charge in [0.05, 0.1) is 16.2 Å². The zero-order valence-electron chi connectivity index (χ0n) is 11.2. The number of sulfone groups is 1. The third kappa shape index (κ3) is 3.45. The second-order valence-corrected chi connectivity index (χ2v) is 8.15. The number of para-hydroxylation sites is 1. The van der Waals surface area contributed by atoms with Crippen LogP contribution in [0.2, 0.25) is 0 Å². The molecule has 0 saturated carbocycles. The molecule has 0 saturated heterocycles. The van der Waals surface area contributed by atoms with Crippen LogP contribution in [-0.2, 0) is 9.84 Å². The van der Waals surface area contributed by atoms with Gasteiger partial charge in [-0.25, -0.2) is 12.8 Å². The van der Waals surface area contributed by atoms with Crippen LogP contribution in [0.4, 0.5) is 10.1 Å². The highest BCUT2D eigenvalue weighted by molar-refractivity contribution is 7.92. The van der Waals surface area contributed by atoms with Gasteiger partial charge < -0.3 is 5.32 Å². The van der Waals surface area contributed by atoms with Crippen LogP contribution in [0.5, 0.6) is 0 Å². The van der Waals surface area contributed by atoms with E-state index in [-0.39, 0.29) is 18.1 Å². The van der Waals surface area contributed by atoms with Gasteiger partial charge in [-0.15, -0.1) is 0 Å². The predicted octanol–water partition coefficient (Wildman–Crippen LogP) is 2.76. The standard InChI is InChI=1S/C13H20FNO2S/c1-10-6-5-7-11(14)12(10)15-8-9-18(16,17)13(2,3)4/h5-7,15H,8-9H2,1-4H3. The molecule has 0 atom stereocenters. The summed E-state index contributed by atoms with van der Waals surface area (Å²) in [5.74, 6) is -0.368. The normalized spacial score (nSPS) is 12.5. The molecule has 0 radical (unpaired) electrons. The van der Waals surface area contributed by atoms with E-state index in [4.69, 9.17) is 0 Å². The molecule has 102 valence electrons. The lowest BCUT2D eigenvalue weighted by Crippen LogP contribution is -2.33. The SMILES string of the molecule is Cc1cccc(F)c1NCCS(=O)(=O)C(C)(C)C. The molecular formula is C13H20FNO2S. The molecule has 1 N–H and O–H groups in total. The first-order chi connectivity index (χ1) is 8.15. The Kier molecular flexibility index (Phi) is 4.37. The fraction of sp³-hybridized carbons (Fsp3) is 0.538. The predicted molar refractivity (Wildman–Crippen MR) is 73.2 cm³/mol. The zero-order valence-corrected chi connectivity index (χ0v) is 12.1. The maximum absolute atomic E-state index is 13.5. The molecule has 1 aromatic carbocycles. The van der Waals surface area contributed by atoms with Crippen LogP contribution in [0.25, 0.3) is 0 Å². The summed E-state index contributed by atoms with van der Waals surface area (Å²) in [6.45, 7) is 6.98. The Labute approximate surface area is 108 Å². The molecule has 0 fully saturated rings. The summed E-state index contributed by atoms with van der Waals surface area (Å²) >= 11 is 0. The minimum absolute atomic E-state index is 0.00965. The van der Waals surface area contributed by atoms with Gasteiger partial charge in [0, 0.05) is 6.54 Å². The van der Waals surface area contributed by atoms with Gasteiger partial charge >= 0.3 is 0 Å². The quantitative estimate of drug-likeness (QED) is 0.917. The first-order valence-electron chi connectivity index (χ1n) is 5.86. The molecule has 0 spiro atoms. The van der Waals surface area contributed by atoms with Crippen molar-refractivity contribution in [2.75, 3.05) is 17.6 Å². The minimum Gasteiger partial charge on any atom is -0.381 e. The van der Waals surface area contributed by atoms with E-state index in [1.807, 2.05) is 0 Å². The lowest BCUT2D eigenvalue weighted by molar-refractivity contribution is 0.560. The average molecular weight is 273 g/mol. The van der Waals surface area contributed by atoms with Gasteiger partial charge in [0.2, 0.25) is 0 Å². The smallest absolute Gasteiger partial charge is 0.156 e. The number of benzene rings is 1. The highest BCUT2D eigenvalue weighted by Gasteiger charge is 2.28. The lowest BCUT2D eigenvalue weighted by atomic mass is 10.2. The second-order valence-electron chi connectivity index (χ2n) is 5.29. The number of aryl methyl sites for hydroxylation is 1. The number of hydrogen-bond acceptors (Lipinski definition) is 3. The fourth-order valence-corrected chi connectivity index (χ4v) is 2.46. The van der Waals surface area contributed by atoms with E-state index in [9.17, 15) is 12.8 Å². The largest absolute Gasteiger partial charge is 0.381 e. The van der Waals surface area contributed by atoms with Crippen LogP contribution >= 0.6 is 0 Å². The van der Waals surface area contributed by atoms with Crippen molar-refractivity contribution in [1.29, 1.82) is 0 Å². The van der Waals surface area contributed by atoms with Crippen LogP contribution in [0.15, 0.2) is 18.2 Å². The topological polar surface area (TPSA) is 46.2 Å². The number of hydrogen-bond donors (Lipinski definition) is 1. The molecule has 0 aliphatic heterocycles. The Morgan fingerprint density at radius 2 is 1.89 bits per heavy atom. The van der Waals surface area contributed by atoms with Gasteiger partial charge in [-0.1, -0.05) is 12.1 Å². The summed E-state index contributed by atoms with van der Waals surface area (Å²) < 4.78 is 36.5. The monoisotopic (exact) mass is 273 g/mol. The Bertz CT molecular complexity index is 498. The highest BCUT2D eigenvalue weighted by Crippen LogP contribution is 2.19. The molecule has 0 heterocycles. The molecular weight excluding hydrogens is 253 g/mol. The number of halogens is 1. The van der Waals surface area contributed by atoms with Crippen LogP contribution < -0.4 is 5.32 Å². The van der Waals surface area contributed by atoms with Crippen molar-refractivity contribution in [2.24, 2.45) is 0 Å². The number of rotatable bonds is 4. The molecule has 0 aliphatic carbocycles. The average Bonchev–Trinajstić information content (AvgIpc) is 2.20. The summed E-state index contributed by atoms with van der Waals surface area (Å²) in [6, 6.07) is 4.76. The minimum atomic E-state index is -3.18. The maximum atomic E-state index is 13.5. The van der Waals surface area contributed by atoms with Crippen molar-refractivity contribution in [1.82, 2.24) is 0 Å². The van der Waals surface area contributed by atoms with Crippen molar-refractivity contribution in [2.45, 2.75) is 32.4 Å². The molecule has 1 rings (SSSR count). The molecule has 0 unspecified atom stereocenters. The molecule has 0 bridgehead atoms. The van der Waals surface area contributed by atoms with Crippen LogP contribution in [0, 0.1) is 12.7 Å². The van der Waals surface area contributed by atoms with Crippen LogP contribution in [-0.4, -0.2) is 25.5 Å². The molecule has 0 amide bonds. The summed E-state index contributed by atoms with van der Waals surface area (Å²) in [6.07, 6.45) is 0. The van der Waals surface area contributed by atoms with Crippen molar-refractivity contribution >= 4 is 15.5 Å². The lowest BCUT2D eigenvalue weighted by Gasteiger charge is -2.19. The van der Waals surface area contributed by atoms with Crippen LogP contribution in [0.3, 0.4) is 0 Å². The summed E-state index contributed by atoms with van der Waals surface area (Å²) in [5.41, 5.74) is 1.14. The first kappa shape index (κ1) is 15.0. The van der Waals surface area contributed by atoms with Gasteiger partial charge in [0.25, 0.3) is 0 Å². The van der Waals surface area contributed by atoms with Crippen molar-refractivity contribution in [3.05, 3.63) is 29.6 Å². The third-order valence-electron chi connectivity index (χ3n) is 2.83. The molecule has 1 aromatic rings. The summed E-state index contributed by atoms with van der Waals surface area (Å²) in [7, 11) is -3.18. The highest BCUT2D eigenvalue weighted by atomic mass is 32.2. The van der Waals surface area contributed by atoms with Gasteiger partial charge in [-0.05, 0) is 39.3 Å². The van der Waals surface area contributed by atoms with Gasteiger partial charge in [-0.3, -0.25) is 0 Å². The van der Waals surface area contributed by atoms with Gasteiger partial charge in [-0.2, -0.15) is 0 Å². The van der Waals surface area contributed by atoms with E-state index < -0.39 is 14.6 Å². The van der Waals surface area contributed by atoms with Gasteiger partial charge in [0.1, 0.15) is 5.82 Å². The fourth-order valence-electron chi connectivity index (χ4n) is 1.47. The Morgan fingerprint density at radius 1 is 1.28 bits per heavy atom. The van der Waals surface area contributed by atoms with E-state index >= 15 is 0 Å². The van der Waals surface area contributed by atoms with Crippen LogP contribution in [0.1, 0.15) is 26.3 Å². The zero-order chi connectivity index (χ0) is 14.0. The molecule has 0 aromatic heterocycles. The van der Waals surface area contributed by atoms with E-state index in [0.29, 0.717) is 5.69 Å². The third-order valence-corrected chi connectivity index (χ3v) is 5.44. The van der Waals surface area contributed by atoms with E-state index in [1.165, 1.54) is 6.07 Å². The van der Waals surface area contributed by atoms with E-state index in [2.05, 4.69) is 5.32 Å². The first-order valence-corrected chi connectivity index (χ1v) is 7.51. The van der Waals surface area contributed by atoms with E-state index in [1.54, 1.807) is 39.8 Å². The molecule has 0 aliphatic rings. The maximum Gasteiger partial charge on any atom is 0.156 e.